The smallest absolute Gasteiger partial charge is 0.262 e. The van der Waals surface area contributed by atoms with E-state index in [0.29, 0.717) is 16.5 Å². The number of carbonyl (C=O) groups is 2. The summed E-state index contributed by atoms with van der Waals surface area (Å²) < 4.78 is 5.35. The lowest BCUT2D eigenvalue weighted by molar-refractivity contribution is -0.119. The molecule has 1 aliphatic heterocycles. The first kappa shape index (κ1) is 21.8. The molecule has 1 aromatic rings. The van der Waals surface area contributed by atoms with E-state index >= 15 is 0 Å². The molecule has 1 aromatic carbocycles. The second kappa shape index (κ2) is 10.8. The molecule has 1 N–H and O–H groups in total. The summed E-state index contributed by atoms with van der Waals surface area (Å²) in [5, 5.41) is 3.37. The maximum Gasteiger partial charge on any atom is 0.262 e. The van der Waals surface area contributed by atoms with E-state index in [1.807, 2.05) is 6.92 Å². The average molecular weight is 410 g/mol. The summed E-state index contributed by atoms with van der Waals surface area (Å²) in [6, 6.07) is 6.89. The predicted molar refractivity (Wildman–Crippen MR) is 113 cm³/mol. The molecule has 1 heterocycles. The van der Waals surface area contributed by atoms with Gasteiger partial charge < -0.3 is 10.1 Å². The molecule has 0 unspecified atom stereocenters. The van der Waals surface area contributed by atoms with Gasteiger partial charge in [0.05, 0.1) is 4.75 Å². The van der Waals surface area contributed by atoms with Gasteiger partial charge in [0.15, 0.2) is 6.61 Å². The van der Waals surface area contributed by atoms with Crippen molar-refractivity contribution in [1.82, 2.24) is 0 Å². The number of benzene rings is 1. The quantitative estimate of drug-likeness (QED) is 0.458. The molecule has 0 aromatic heterocycles. The van der Waals surface area contributed by atoms with Crippen molar-refractivity contribution in [2.45, 2.75) is 63.5 Å². The van der Waals surface area contributed by atoms with Gasteiger partial charge >= 0.3 is 0 Å². The molecular weight excluding hydrogens is 382 g/mol. The maximum atomic E-state index is 12.1. The average Bonchev–Trinajstić information content (AvgIpc) is 2.92. The van der Waals surface area contributed by atoms with Crippen LogP contribution in [0, 0.1) is 0 Å². The van der Waals surface area contributed by atoms with Crippen molar-refractivity contribution in [1.29, 1.82) is 0 Å². The van der Waals surface area contributed by atoms with Gasteiger partial charge in [-0.25, -0.2) is 0 Å². The summed E-state index contributed by atoms with van der Waals surface area (Å²) in [4.78, 5) is 24.0. The van der Waals surface area contributed by atoms with Crippen LogP contribution in [0.2, 0.25) is 5.02 Å². The molecule has 0 radical (unpaired) electrons. The lowest BCUT2D eigenvalue weighted by Gasteiger charge is -2.26. The molecule has 1 atom stereocenters. The number of carbonyl (C=O) groups excluding carboxylic acids is 2. The number of halogens is 1. The van der Waals surface area contributed by atoms with Gasteiger partial charge in [0.1, 0.15) is 5.76 Å². The van der Waals surface area contributed by atoms with E-state index in [9.17, 15) is 9.59 Å². The Morgan fingerprint density at radius 3 is 2.52 bits per heavy atom. The van der Waals surface area contributed by atoms with Crippen LogP contribution < -0.4 is 5.32 Å². The van der Waals surface area contributed by atoms with E-state index in [2.05, 4.69) is 12.2 Å². The molecule has 0 aliphatic carbocycles. The summed E-state index contributed by atoms with van der Waals surface area (Å²) in [5.41, 5.74) is 0.661. The molecule has 0 spiro atoms. The maximum absolute atomic E-state index is 12.1. The van der Waals surface area contributed by atoms with Gasteiger partial charge in [-0.05, 0) is 37.6 Å². The van der Waals surface area contributed by atoms with Crippen LogP contribution in [-0.2, 0) is 14.3 Å². The third kappa shape index (κ3) is 7.23. The number of hydrogen-bond donors (Lipinski definition) is 1. The minimum atomic E-state index is -0.373. The normalized spacial score (nSPS) is 19.1. The van der Waals surface area contributed by atoms with E-state index in [1.54, 1.807) is 24.3 Å². The molecule has 4 nitrogen and oxygen atoms in total. The van der Waals surface area contributed by atoms with E-state index in [0.717, 1.165) is 19.3 Å². The first-order valence-corrected chi connectivity index (χ1v) is 10.8. The molecule has 148 valence electrons. The highest BCUT2D eigenvalue weighted by molar-refractivity contribution is 8.15. The molecular formula is C21H28ClNO3S. The fraction of sp³-hybridized carbons (Fsp3) is 0.524. The highest BCUT2D eigenvalue weighted by Gasteiger charge is 2.39. The number of anilines is 1. The van der Waals surface area contributed by atoms with Crippen molar-refractivity contribution in [3.63, 3.8) is 0 Å². The Labute approximate surface area is 171 Å². The number of nitrogens with one attached hydrogen (secondary N) is 1. The first-order valence-electron chi connectivity index (χ1n) is 9.56. The molecule has 0 saturated carbocycles. The zero-order chi connectivity index (χ0) is 19.7. The van der Waals surface area contributed by atoms with E-state index < -0.39 is 0 Å². The topological polar surface area (TPSA) is 55.4 Å². The second-order valence-electron chi connectivity index (χ2n) is 7.02. The largest absolute Gasteiger partial charge is 0.486 e. The van der Waals surface area contributed by atoms with Gasteiger partial charge in [-0.15, -0.1) is 0 Å². The van der Waals surface area contributed by atoms with Gasteiger partial charge in [0.25, 0.3) is 5.91 Å². The fourth-order valence-corrected chi connectivity index (χ4v) is 4.25. The Morgan fingerprint density at radius 1 is 1.15 bits per heavy atom. The lowest BCUT2D eigenvalue weighted by Crippen LogP contribution is -2.26. The monoisotopic (exact) mass is 409 g/mol. The SMILES string of the molecule is CCCCCCCC[C@@]1(C)SC(=O)C=C1OCC(=O)Nc1ccc(Cl)cc1. The third-order valence-corrected chi connectivity index (χ3v) is 6.02. The van der Waals surface area contributed by atoms with Gasteiger partial charge in [0, 0.05) is 16.8 Å². The predicted octanol–water partition coefficient (Wildman–Crippen LogP) is 5.96. The number of ether oxygens (including phenoxy) is 1. The summed E-state index contributed by atoms with van der Waals surface area (Å²) in [6.45, 7) is 4.12. The molecule has 0 bridgehead atoms. The summed E-state index contributed by atoms with van der Waals surface area (Å²) in [6.07, 6.45) is 9.63. The standard InChI is InChI=1S/C21H28ClNO3S/c1-3-4-5-6-7-8-13-21(2)18(14-20(25)27-21)26-15-19(24)23-17-11-9-16(22)10-12-17/h9-12,14H,3-8,13,15H2,1-2H3,(H,23,24)/t21-/m1/s1. The summed E-state index contributed by atoms with van der Waals surface area (Å²) in [7, 11) is 0. The van der Waals surface area contributed by atoms with Crippen molar-refractivity contribution >= 4 is 40.1 Å². The zero-order valence-corrected chi connectivity index (χ0v) is 17.6. The zero-order valence-electron chi connectivity index (χ0n) is 16.1. The number of amides is 1. The van der Waals surface area contributed by atoms with E-state index in [4.69, 9.17) is 16.3 Å². The molecule has 0 saturated heterocycles. The molecule has 6 heteroatoms. The van der Waals surface area contributed by atoms with Crippen molar-refractivity contribution in [2.75, 3.05) is 11.9 Å². The van der Waals surface area contributed by atoms with Crippen LogP contribution in [0.1, 0.15) is 58.8 Å². The van der Waals surface area contributed by atoms with Crippen LogP contribution >= 0.6 is 23.4 Å². The van der Waals surface area contributed by atoms with Gasteiger partial charge in [0.2, 0.25) is 5.12 Å². The fourth-order valence-electron chi connectivity index (χ4n) is 3.05. The third-order valence-electron chi connectivity index (χ3n) is 4.59. The highest BCUT2D eigenvalue weighted by atomic mass is 35.5. The van der Waals surface area contributed by atoms with Crippen LogP contribution in [0.25, 0.3) is 0 Å². The number of unbranched alkanes of at least 4 members (excludes halogenated alkanes) is 5. The number of thioether (sulfide) groups is 1. The second-order valence-corrected chi connectivity index (χ2v) is 8.97. The lowest BCUT2D eigenvalue weighted by atomic mass is 9.99. The van der Waals surface area contributed by atoms with Crippen LogP contribution in [-0.4, -0.2) is 22.4 Å². The Kier molecular flexibility index (Phi) is 8.71. The Bertz CT molecular complexity index is 675. The Morgan fingerprint density at radius 2 is 1.81 bits per heavy atom. The van der Waals surface area contributed by atoms with Crippen LogP contribution in [0.3, 0.4) is 0 Å². The molecule has 0 fully saturated rings. The van der Waals surface area contributed by atoms with Gasteiger partial charge in [-0.3, -0.25) is 9.59 Å². The van der Waals surface area contributed by atoms with Gasteiger partial charge in [-0.1, -0.05) is 68.8 Å². The van der Waals surface area contributed by atoms with Crippen molar-refractivity contribution in [2.24, 2.45) is 0 Å². The minimum Gasteiger partial charge on any atom is -0.486 e. The first-order chi connectivity index (χ1) is 12.9. The van der Waals surface area contributed by atoms with Crippen LogP contribution in [0.5, 0.6) is 0 Å². The van der Waals surface area contributed by atoms with E-state index in [1.165, 1.54) is 43.5 Å². The van der Waals surface area contributed by atoms with Crippen molar-refractivity contribution in [3.05, 3.63) is 41.1 Å². The van der Waals surface area contributed by atoms with Crippen molar-refractivity contribution < 1.29 is 14.3 Å². The molecule has 1 aliphatic rings. The summed E-state index contributed by atoms with van der Waals surface area (Å²) >= 11 is 7.14. The number of hydrogen-bond acceptors (Lipinski definition) is 4. The molecule has 2 rings (SSSR count). The highest BCUT2D eigenvalue weighted by Crippen LogP contribution is 2.44. The minimum absolute atomic E-state index is 0.00316. The molecule has 1 amide bonds. The van der Waals surface area contributed by atoms with Crippen LogP contribution in [0.4, 0.5) is 5.69 Å². The Balaban J connectivity index is 1.80. The van der Waals surface area contributed by atoms with E-state index in [-0.39, 0.29) is 22.4 Å². The van der Waals surface area contributed by atoms with Crippen LogP contribution in [0.15, 0.2) is 36.1 Å². The van der Waals surface area contributed by atoms with Crippen molar-refractivity contribution in [3.8, 4) is 0 Å². The number of rotatable bonds is 11. The Hall–Kier alpha value is -1.46. The summed E-state index contributed by atoms with van der Waals surface area (Å²) in [5.74, 6) is 0.349. The molecule has 27 heavy (non-hydrogen) atoms. The van der Waals surface area contributed by atoms with Gasteiger partial charge in [-0.2, -0.15) is 0 Å².